The van der Waals surface area contributed by atoms with Crippen LogP contribution >= 0.6 is 0 Å². The molecule has 29 heavy (non-hydrogen) atoms. The number of hydrogen-bond donors (Lipinski definition) is 2. The van der Waals surface area contributed by atoms with Gasteiger partial charge in [-0.05, 0) is 53.2 Å². The Balaban J connectivity index is 1.54. The van der Waals surface area contributed by atoms with E-state index in [2.05, 4.69) is 74.1 Å². The van der Waals surface area contributed by atoms with E-state index in [0.717, 1.165) is 38.2 Å². The van der Waals surface area contributed by atoms with Gasteiger partial charge in [-0.25, -0.2) is 5.10 Å². The molecule has 1 saturated carbocycles. The zero-order valence-corrected chi connectivity index (χ0v) is 16.5. The maximum atomic E-state index is 10.3. The number of aliphatic hydroxyl groups is 1. The van der Waals surface area contributed by atoms with Gasteiger partial charge in [0.1, 0.15) is 0 Å². The van der Waals surface area contributed by atoms with Crippen molar-refractivity contribution in [2.24, 2.45) is 5.92 Å². The molecule has 2 aromatic carbocycles. The third kappa shape index (κ3) is 3.26. The summed E-state index contributed by atoms with van der Waals surface area (Å²) in [6, 6.07) is 21.6. The van der Waals surface area contributed by atoms with Gasteiger partial charge in [-0.15, -0.1) is 5.10 Å². The quantitative estimate of drug-likeness (QED) is 0.678. The number of fused-ring (bicyclic) bond motifs is 3. The number of aromatic amines is 1. The molecule has 0 radical (unpaired) electrons. The van der Waals surface area contributed by atoms with Crippen LogP contribution < -0.4 is 0 Å². The van der Waals surface area contributed by atoms with Crippen LogP contribution in [0.25, 0.3) is 0 Å². The molecule has 6 rings (SSSR count). The largest absolute Gasteiger partial charge is 0.393 e. The summed E-state index contributed by atoms with van der Waals surface area (Å²) in [6.45, 7) is 1.93. The molecule has 3 aromatic rings. The van der Waals surface area contributed by atoms with Crippen LogP contribution in [0.1, 0.15) is 42.6 Å². The molecule has 6 nitrogen and oxygen atoms in total. The third-order valence-corrected chi connectivity index (χ3v) is 6.97. The summed E-state index contributed by atoms with van der Waals surface area (Å²) in [6.07, 6.45) is 3.98. The first kappa shape index (κ1) is 18.5. The van der Waals surface area contributed by atoms with E-state index >= 15 is 0 Å². The van der Waals surface area contributed by atoms with Gasteiger partial charge in [-0.3, -0.25) is 4.90 Å². The predicted octanol–water partition coefficient (Wildman–Crippen LogP) is 2.77. The zero-order valence-electron chi connectivity index (χ0n) is 16.5. The number of aromatic nitrogens is 4. The van der Waals surface area contributed by atoms with Crippen molar-refractivity contribution in [1.29, 1.82) is 0 Å². The lowest BCUT2D eigenvalue weighted by Gasteiger charge is -2.49. The number of benzene rings is 2. The Kier molecular flexibility index (Phi) is 4.89. The van der Waals surface area contributed by atoms with Crippen LogP contribution in [0.2, 0.25) is 0 Å². The first-order chi connectivity index (χ1) is 14.3. The minimum atomic E-state index is -0.443. The summed E-state index contributed by atoms with van der Waals surface area (Å²) in [4.78, 5) is 2.57. The molecule has 2 N–H and O–H groups in total. The highest BCUT2D eigenvalue weighted by atomic mass is 16.3. The van der Waals surface area contributed by atoms with Gasteiger partial charge >= 0.3 is 0 Å². The fraction of sp³-hybridized carbons (Fsp3) is 0.435. The Hall–Kier alpha value is -2.57. The third-order valence-electron chi connectivity index (χ3n) is 6.97. The lowest BCUT2D eigenvalue weighted by molar-refractivity contribution is -0.0503. The van der Waals surface area contributed by atoms with E-state index < -0.39 is 5.41 Å². The highest BCUT2D eigenvalue weighted by Crippen LogP contribution is 2.42. The number of nitrogens with one attached hydrogen (secondary N) is 1. The van der Waals surface area contributed by atoms with Crippen LogP contribution in [0.3, 0.4) is 0 Å². The fourth-order valence-electron chi connectivity index (χ4n) is 5.40. The summed E-state index contributed by atoms with van der Waals surface area (Å²) in [5.74, 6) is 1.19. The molecule has 3 fully saturated rings. The van der Waals surface area contributed by atoms with Crippen molar-refractivity contribution in [3.63, 3.8) is 0 Å². The number of aliphatic hydroxyl groups excluding tert-OH is 1. The van der Waals surface area contributed by atoms with Crippen LogP contribution in [0.15, 0.2) is 60.7 Å². The number of tetrazole rings is 1. The van der Waals surface area contributed by atoms with E-state index in [4.69, 9.17) is 0 Å². The Morgan fingerprint density at radius 3 is 2.21 bits per heavy atom. The molecular formula is C23H27N5O. The van der Waals surface area contributed by atoms with E-state index in [1.807, 2.05) is 12.1 Å². The van der Waals surface area contributed by atoms with Gasteiger partial charge in [-0.1, -0.05) is 60.7 Å². The minimum Gasteiger partial charge on any atom is -0.393 e. The summed E-state index contributed by atoms with van der Waals surface area (Å²) in [5, 5.41) is 25.6. The van der Waals surface area contributed by atoms with E-state index in [1.54, 1.807) is 0 Å². The maximum absolute atomic E-state index is 10.3. The molecule has 3 heterocycles. The zero-order chi connectivity index (χ0) is 19.7. The molecule has 3 aliphatic rings. The van der Waals surface area contributed by atoms with Crippen LogP contribution in [0, 0.1) is 5.92 Å². The number of hydrogen-bond acceptors (Lipinski definition) is 5. The van der Waals surface area contributed by atoms with E-state index in [9.17, 15) is 5.11 Å². The van der Waals surface area contributed by atoms with Crippen LogP contribution in [0.5, 0.6) is 0 Å². The number of piperidine rings is 2. The lowest BCUT2D eigenvalue weighted by Crippen LogP contribution is -2.55. The Labute approximate surface area is 171 Å². The van der Waals surface area contributed by atoms with Crippen molar-refractivity contribution < 1.29 is 5.11 Å². The predicted molar refractivity (Wildman–Crippen MR) is 110 cm³/mol. The second kappa shape index (κ2) is 7.69. The molecule has 1 aliphatic carbocycles. The molecule has 2 saturated heterocycles. The molecule has 150 valence electrons. The summed E-state index contributed by atoms with van der Waals surface area (Å²) < 4.78 is 0. The van der Waals surface area contributed by atoms with Gasteiger partial charge in [0.15, 0.2) is 5.82 Å². The standard InChI is InChI=1S/C23H27N5O/c29-21-15-20-12-11-17(21)16-28(20)14-13-23(22-24-26-27-25-22,18-7-3-1-4-8-18)19-9-5-2-6-10-19/h1-10,17,20-21,29H,11-16H2,(H,24,25,26,27). The highest BCUT2D eigenvalue weighted by molar-refractivity contribution is 5.45. The van der Waals surface area contributed by atoms with E-state index in [-0.39, 0.29) is 6.10 Å². The SMILES string of the molecule is OC1CC2CCC1CN2CCC(c1ccccc1)(c1ccccc1)c1nnn[nH]1. The smallest absolute Gasteiger partial charge is 0.163 e. The molecule has 0 spiro atoms. The summed E-state index contributed by atoms with van der Waals surface area (Å²) in [7, 11) is 0. The topological polar surface area (TPSA) is 77.9 Å². The lowest BCUT2D eigenvalue weighted by atomic mass is 9.70. The van der Waals surface area contributed by atoms with Gasteiger partial charge in [0, 0.05) is 19.1 Å². The van der Waals surface area contributed by atoms with Crippen LogP contribution in [0.4, 0.5) is 0 Å². The van der Waals surface area contributed by atoms with Gasteiger partial charge in [0.05, 0.1) is 11.5 Å². The number of rotatable bonds is 6. The van der Waals surface area contributed by atoms with Crippen molar-refractivity contribution in [2.45, 2.75) is 43.2 Å². The molecule has 6 heteroatoms. The van der Waals surface area contributed by atoms with E-state index in [0.29, 0.717) is 12.0 Å². The molecule has 2 aliphatic heterocycles. The van der Waals surface area contributed by atoms with Gasteiger partial charge in [0.25, 0.3) is 0 Å². The Morgan fingerprint density at radius 2 is 1.69 bits per heavy atom. The Morgan fingerprint density at radius 1 is 1.00 bits per heavy atom. The first-order valence-electron chi connectivity index (χ1n) is 10.5. The van der Waals surface area contributed by atoms with Crippen molar-refractivity contribution in [3.8, 4) is 0 Å². The summed E-state index contributed by atoms with van der Waals surface area (Å²) in [5.41, 5.74) is 1.93. The van der Waals surface area contributed by atoms with Crippen LogP contribution in [-0.4, -0.2) is 55.9 Å². The normalized spacial score (nSPS) is 24.7. The molecule has 0 amide bonds. The van der Waals surface area contributed by atoms with Gasteiger partial charge in [0.2, 0.25) is 0 Å². The molecule has 3 unspecified atom stereocenters. The average molecular weight is 390 g/mol. The fourth-order valence-corrected chi connectivity index (χ4v) is 5.40. The first-order valence-corrected chi connectivity index (χ1v) is 10.5. The minimum absolute atomic E-state index is 0.128. The monoisotopic (exact) mass is 389 g/mol. The average Bonchev–Trinajstić information content (AvgIpc) is 3.32. The maximum Gasteiger partial charge on any atom is 0.163 e. The second-order valence-electron chi connectivity index (χ2n) is 8.43. The molecular weight excluding hydrogens is 362 g/mol. The van der Waals surface area contributed by atoms with Gasteiger partial charge < -0.3 is 5.11 Å². The highest BCUT2D eigenvalue weighted by Gasteiger charge is 2.43. The second-order valence-corrected chi connectivity index (χ2v) is 8.43. The van der Waals surface area contributed by atoms with Crippen molar-refractivity contribution in [3.05, 3.63) is 77.6 Å². The molecule has 1 aromatic heterocycles. The Bertz CT molecular complexity index is 875. The van der Waals surface area contributed by atoms with Crippen molar-refractivity contribution in [2.75, 3.05) is 13.1 Å². The van der Waals surface area contributed by atoms with E-state index in [1.165, 1.54) is 17.5 Å². The van der Waals surface area contributed by atoms with Crippen molar-refractivity contribution in [1.82, 2.24) is 25.5 Å². The number of H-pyrrole nitrogens is 1. The van der Waals surface area contributed by atoms with Crippen molar-refractivity contribution >= 4 is 0 Å². The molecule has 3 atom stereocenters. The molecule has 2 bridgehead atoms. The summed E-state index contributed by atoms with van der Waals surface area (Å²) >= 11 is 0. The number of nitrogens with zero attached hydrogens (tertiary/aromatic N) is 4. The van der Waals surface area contributed by atoms with Crippen LogP contribution in [-0.2, 0) is 5.41 Å². The van der Waals surface area contributed by atoms with Gasteiger partial charge in [-0.2, -0.15) is 0 Å².